The standard InChI is InChI=1S/C26H37F2N5O3/c1-34-22-16-20-21(17-23(22)36-15-5-11-32-9-2-3-10-32)30-25(33-12-7-26(27,28)8-13-33)31-24(20)29-19-6-4-14-35-18-19/h16-17,19H,2-15,18H2,1H3,(H,29,30,31)/t19-/m0/s1. The molecule has 0 radical (unpaired) electrons. The average Bonchev–Trinajstić information content (AvgIpc) is 3.40. The zero-order valence-electron chi connectivity index (χ0n) is 21.1. The van der Waals surface area contributed by atoms with Gasteiger partial charge in [-0.05, 0) is 51.3 Å². The molecule has 1 aromatic carbocycles. The molecular weight excluding hydrogens is 468 g/mol. The summed E-state index contributed by atoms with van der Waals surface area (Å²) >= 11 is 0. The number of anilines is 2. The SMILES string of the molecule is COc1cc2c(N[C@H]3CCCOC3)nc(N3CCC(F)(F)CC3)nc2cc1OCCCN1CCCC1. The Balaban J connectivity index is 1.40. The predicted molar refractivity (Wildman–Crippen MR) is 136 cm³/mol. The molecule has 36 heavy (non-hydrogen) atoms. The molecule has 0 spiro atoms. The van der Waals surface area contributed by atoms with Gasteiger partial charge < -0.3 is 29.3 Å². The first-order chi connectivity index (χ1) is 17.5. The quantitative estimate of drug-likeness (QED) is 0.505. The normalized spacial score (nSPS) is 22.6. The van der Waals surface area contributed by atoms with Gasteiger partial charge in [-0.2, -0.15) is 4.98 Å². The van der Waals surface area contributed by atoms with E-state index in [4.69, 9.17) is 24.2 Å². The van der Waals surface area contributed by atoms with Crippen LogP contribution in [0.3, 0.4) is 0 Å². The lowest BCUT2D eigenvalue weighted by Crippen LogP contribution is -2.40. The molecule has 1 atom stereocenters. The highest BCUT2D eigenvalue weighted by Gasteiger charge is 2.35. The first-order valence-electron chi connectivity index (χ1n) is 13.2. The molecule has 0 saturated carbocycles. The Morgan fingerprint density at radius 3 is 2.61 bits per heavy atom. The second-order valence-corrected chi connectivity index (χ2v) is 10.0. The van der Waals surface area contributed by atoms with E-state index in [2.05, 4.69) is 10.2 Å². The van der Waals surface area contributed by atoms with E-state index in [-0.39, 0.29) is 32.0 Å². The van der Waals surface area contributed by atoms with E-state index < -0.39 is 5.92 Å². The lowest BCUT2D eigenvalue weighted by atomic mass is 10.1. The minimum absolute atomic E-state index is 0.128. The summed E-state index contributed by atoms with van der Waals surface area (Å²) < 4.78 is 45.0. The zero-order chi connectivity index (χ0) is 25.0. The van der Waals surface area contributed by atoms with Gasteiger partial charge in [-0.25, -0.2) is 13.8 Å². The fourth-order valence-electron chi connectivity index (χ4n) is 5.21. The Labute approximate surface area is 211 Å². The molecule has 10 heteroatoms. The molecule has 0 unspecified atom stereocenters. The Morgan fingerprint density at radius 2 is 1.89 bits per heavy atom. The number of fused-ring (bicyclic) bond motifs is 1. The Morgan fingerprint density at radius 1 is 1.08 bits per heavy atom. The number of nitrogens with one attached hydrogen (secondary N) is 1. The zero-order valence-corrected chi connectivity index (χ0v) is 21.1. The van der Waals surface area contributed by atoms with E-state index >= 15 is 0 Å². The highest BCUT2D eigenvalue weighted by molar-refractivity contribution is 5.93. The monoisotopic (exact) mass is 505 g/mol. The summed E-state index contributed by atoms with van der Waals surface area (Å²) in [6.45, 7) is 5.77. The molecule has 198 valence electrons. The third-order valence-corrected chi connectivity index (χ3v) is 7.32. The summed E-state index contributed by atoms with van der Waals surface area (Å²) in [7, 11) is 1.63. The highest BCUT2D eigenvalue weighted by atomic mass is 19.3. The van der Waals surface area contributed by atoms with Crippen molar-refractivity contribution in [3.8, 4) is 11.5 Å². The van der Waals surface area contributed by atoms with E-state index in [0.717, 1.165) is 37.8 Å². The molecular formula is C26H37F2N5O3. The molecule has 5 rings (SSSR count). The first kappa shape index (κ1) is 25.2. The summed E-state index contributed by atoms with van der Waals surface area (Å²) in [5, 5.41) is 4.33. The molecule has 0 aliphatic carbocycles. The molecule has 4 heterocycles. The summed E-state index contributed by atoms with van der Waals surface area (Å²) in [5.41, 5.74) is 0.701. The summed E-state index contributed by atoms with van der Waals surface area (Å²) in [4.78, 5) is 13.9. The molecule has 3 aliphatic heterocycles. The first-order valence-corrected chi connectivity index (χ1v) is 13.2. The predicted octanol–water partition coefficient (Wildman–Crippen LogP) is 4.33. The number of piperidine rings is 1. The van der Waals surface area contributed by atoms with Gasteiger partial charge in [0.2, 0.25) is 5.95 Å². The molecule has 0 amide bonds. The van der Waals surface area contributed by atoms with Gasteiger partial charge in [0.25, 0.3) is 5.92 Å². The number of likely N-dealkylation sites (tertiary alicyclic amines) is 1. The van der Waals surface area contributed by atoms with E-state index in [1.807, 2.05) is 17.0 Å². The molecule has 2 aromatic rings. The van der Waals surface area contributed by atoms with Gasteiger partial charge >= 0.3 is 0 Å². The maximum absolute atomic E-state index is 13.8. The number of rotatable bonds is 9. The van der Waals surface area contributed by atoms with Gasteiger partial charge in [0.15, 0.2) is 11.5 Å². The van der Waals surface area contributed by atoms with Crippen molar-refractivity contribution in [2.45, 2.75) is 56.9 Å². The van der Waals surface area contributed by atoms with Crippen LogP contribution in [-0.2, 0) is 4.74 Å². The van der Waals surface area contributed by atoms with E-state index in [1.165, 1.54) is 25.9 Å². The van der Waals surface area contributed by atoms with Gasteiger partial charge in [0, 0.05) is 50.5 Å². The van der Waals surface area contributed by atoms with Crippen LogP contribution in [0.5, 0.6) is 11.5 Å². The molecule has 1 aromatic heterocycles. The molecule has 3 aliphatic rings. The van der Waals surface area contributed by atoms with Crippen LogP contribution in [0.4, 0.5) is 20.5 Å². The smallest absolute Gasteiger partial charge is 0.251 e. The van der Waals surface area contributed by atoms with Crippen LogP contribution in [0.25, 0.3) is 10.9 Å². The third-order valence-electron chi connectivity index (χ3n) is 7.32. The summed E-state index contributed by atoms with van der Waals surface area (Å²) in [6, 6.07) is 3.92. The minimum Gasteiger partial charge on any atom is -0.493 e. The second kappa shape index (κ2) is 11.3. The van der Waals surface area contributed by atoms with E-state index in [1.54, 1.807) is 7.11 Å². The van der Waals surface area contributed by atoms with Crippen molar-refractivity contribution < 1.29 is 23.0 Å². The fraction of sp³-hybridized carbons (Fsp3) is 0.692. The van der Waals surface area contributed by atoms with Gasteiger partial charge in [-0.1, -0.05) is 0 Å². The van der Waals surface area contributed by atoms with Gasteiger partial charge in [-0.3, -0.25) is 0 Å². The molecule has 8 nitrogen and oxygen atoms in total. The second-order valence-electron chi connectivity index (χ2n) is 10.0. The van der Waals surface area contributed by atoms with Crippen molar-refractivity contribution in [2.75, 3.05) is 69.9 Å². The lowest BCUT2D eigenvalue weighted by molar-refractivity contribution is -0.0222. The Hall–Kier alpha value is -2.46. The van der Waals surface area contributed by atoms with Crippen molar-refractivity contribution >= 4 is 22.7 Å². The topological polar surface area (TPSA) is 72.0 Å². The van der Waals surface area contributed by atoms with Crippen LogP contribution in [0.15, 0.2) is 12.1 Å². The fourth-order valence-corrected chi connectivity index (χ4v) is 5.21. The molecule has 0 bridgehead atoms. The van der Waals surface area contributed by atoms with Crippen molar-refractivity contribution in [3.63, 3.8) is 0 Å². The van der Waals surface area contributed by atoms with Crippen LogP contribution >= 0.6 is 0 Å². The van der Waals surface area contributed by atoms with Crippen LogP contribution in [0.1, 0.15) is 44.9 Å². The van der Waals surface area contributed by atoms with E-state index in [9.17, 15) is 8.78 Å². The average molecular weight is 506 g/mol. The Bertz CT molecular complexity index is 1020. The summed E-state index contributed by atoms with van der Waals surface area (Å²) in [5.74, 6) is -0.241. The number of halogens is 2. The number of alkyl halides is 2. The van der Waals surface area contributed by atoms with Crippen LogP contribution in [-0.4, -0.2) is 86.5 Å². The van der Waals surface area contributed by atoms with Gasteiger partial charge in [-0.15, -0.1) is 0 Å². The highest BCUT2D eigenvalue weighted by Crippen LogP contribution is 2.37. The number of benzene rings is 1. The van der Waals surface area contributed by atoms with Crippen LogP contribution < -0.4 is 19.7 Å². The molecule has 3 fully saturated rings. The molecule has 3 saturated heterocycles. The minimum atomic E-state index is -2.63. The van der Waals surface area contributed by atoms with Gasteiger partial charge in [0.05, 0.1) is 31.9 Å². The van der Waals surface area contributed by atoms with Crippen molar-refractivity contribution in [3.05, 3.63) is 12.1 Å². The number of ether oxygens (including phenoxy) is 3. The van der Waals surface area contributed by atoms with Gasteiger partial charge in [0.1, 0.15) is 5.82 Å². The number of hydrogen-bond acceptors (Lipinski definition) is 8. The summed E-state index contributed by atoms with van der Waals surface area (Å²) in [6.07, 6.45) is 5.06. The van der Waals surface area contributed by atoms with Crippen LogP contribution in [0, 0.1) is 0 Å². The van der Waals surface area contributed by atoms with E-state index in [0.29, 0.717) is 42.0 Å². The lowest BCUT2D eigenvalue weighted by Gasteiger charge is -2.32. The maximum atomic E-state index is 13.8. The largest absolute Gasteiger partial charge is 0.493 e. The van der Waals surface area contributed by atoms with Crippen molar-refractivity contribution in [2.24, 2.45) is 0 Å². The van der Waals surface area contributed by atoms with Crippen molar-refractivity contribution in [1.82, 2.24) is 14.9 Å². The van der Waals surface area contributed by atoms with Crippen molar-refractivity contribution in [1.29, 1.82) is 0 Å². The number of aromatic nitrogens is 2. The molecule has 1 N–H and O–H groups in total. The Kier molecular flexibility index (Phi) is 7.90. The number of methoxy groups -OCH3 is 1. The third kappa shape index (κ3) is 6.08. The number of nitrogens with zero attached hydrogens (tertiary/aromatic N) is 4. The maximum Gasteiger partial charge on any atom is 0.251 e. The van der Waals surface area contributed by atoms with Crippen LogP contribution in [0.2, 0.25) is 0 Å². The number of hydrogen-bond donors (Lipinski definition) is 1.